The summed E-state index contributed by atoms with van der Waals surface area (Å²) in [7, 11) is 0. The number of nitrogens with zero attached hydrogens (tertiary/aromatic N) is 1. The van der Waals surface area contributed by atoms with E-state index in [-0.39, 0.29) is 0 Å². The normalized spacial score (nSPS) is 13.0. The van der Waals surface area contributed by atoms with Crippen molar-refractivity contribution in [3.63, 3.8) is 0 Å². The van der Waals surface area contributed by atoms with Gasteiger partial charge in [-0.1, -0.05) is 45.4 Å². The molecule has 1 aromatic carbocycles. The Morgan fingerprint density at radius 3 is 2.25 bits per heavy atom. The van der Waals surface area contributed by atoms with Gasteiger partial charge in [0, 0.05) is 11.6 Å². The molecule has 90 valence electrons. The second kappa shape index (κ2) is 6.54. The molecule has 0 spiro atoms. The van der Waals surface area contributed by atoms with Gasteiger partial charge in [-0.2, -0.15) is 0 Å². The molecule has 0 amide bonds. The van der Waals surface area contributed by atoms with Crippen LogP contribution in [0.4, 0.5) is 0 Å². The Bertz CT molecular complexity index is 307. The Kier molecular flexibility index (Phi) is 5.33. The molecule has 2 heteroatoms. The Balaban J connectivity index is 2.97. The number of hydrogen-bond acceptors (Lipinski definition) is 2. The number of benzene rings is 1. The topological polar surface area (TPSA) is 23.5 Å². The molecule has 1 atom stereocenters. The van der Waals surface area contributed by atoms with E-state index < -0.39 is 0 Å². The van der Waals surface area contributed by atoms with Gasteiger partial charge in [-0.15, -0.1) is 0 Å². The smallest absolute Gasteiger partial charge is 0.120 e. The van der Waals surface area contributed by atoms with Gasteiger partial charge in [-0.3, -0.25) is 4.90 Å². The zero-order valence-corrected chi connectivity index (χ0v) is 10.6. The van der Waals surface area contributed by atoms with Gasteiger partial charge < -0.3 is 5.11 Å². The summed E-state index contributed by atoms with van der Waals surface area (Å²) in [4.78, 5) is 2.40. The number of phenolic OH excluding ortho intramolecular Hbond substituents is 1. The first-order chi connectivity index (χ1) is 7.74. The summed E-state index contributed by atoms with van der Waals surface area (Å²) in [5.74, 6) is 0.424. The minimum atomic E-state index is 0.348. The zero-order chi connectivity index (χ0) is 12.0. The molecule has 0 aromatic heterocycles. The van der Waals surface area contributed by atoms with Crippen LogP contribution in [0.2, 0.25) is 0 Å². The van der Waals surface area contributed by atoms with Gasteiger partial charge in [-0.25, -0.2) is 0 Å². The highest BCUT2D eigenvalue weighted by Gasteiger charge is 2.19. The van der Waals surface area contributed by atoms with Crippen LogP contribution in [0.25, 0.3) is 0 Å². The lowest BCUT2D eigenvalue weighted by atomic mass is 9.99. The van der Waals surface area contributed by atoms with Crippen LogP contribution in [0.1, 0.15) is 45.2 Å². The molecule has 0 bridgehead atoms. The number of hydrogen-bond donors (Lipinski definition) is 1. The molecule has 0 fully saturated rings. The van der Waals surface area contributed by atoms with Crippen molar-refractivity contribution < 1.29 is 5.11 Å². The predicted octanol–water partition coefficient (Wildman–Crippen LogP) is 3.58. The second-order valence-electron chi connectivity index (χ2n) is 4.08. The van der Waals surface area contributed by atoms with Crippen molar-refractivity contribution in [2.75, 3.05) is 13.1 Å². The molecule has 0 aliphatic heterocycles. The molecule has 0 aliphatic carbocycles. The first-order valence-electron chi connectivity index (χ1n) is 6.26. The van der Waals surface area contributed by atoms with Crippen molar-refractivity contribution in [3.8, 4) is 5.75 Å². The average molecular weight is 221 g/mol. The largest absolute Gasteiger partial charge is 0.508 e. The second-order valence-corrected chi connectivity index (χ2v) is 4.08. The lowest BCUT2D eigenvalue weighted by Gasteiger charge is -2.30. The van der Waals surface area contributed by atoms with E-state index in [1.54, 1.807) is 6.07 Å². The first-order valence-corrected chi connectivity index (χ1v) is 6.26. The molecular weight excluding hydrogens is 198 g/mol. The molecular formula is C14H23NO. The van der Waals surface area contributed by atoms with Crippen molar-refractivity contribution in [3.05, 3.63) is 29.8 Å². The molecule has 0 radical (unpaired) electrons. The monoisotopic (exact) mass is 221 g/mol. The third-order valence-corrected chi connectivity index (χ3v) is 3.11. The molecule has 0 saturated carbocycles. The maximum absolute atomic E-state index is 9.92. The van der Waals surface area contributed by atoms with Gasteiger partial charge in [0.15, 0.2) is 0 Å². The third-order valence-electron chi connectivity index (χ3n) is 3.11. The van der Waals surface area contributed by atoms with E-state index in [4.69, 9.17) is 0 Å². The number of para-hydroxylation sites is 1. The van der Waals surface area contributed by atoms with E-state index >= 15 is 0 Å². The summed E-state index contributed by atoms with van der Waals surface area (Å²) in [6.07, 6.45) is 2.23. The van der Waals surface area contributed by atoms with E-state index in [1.807, 2.05) is 18.2 Å². The van der Waals surface area contributed by atoms with Crippen LogP contribution in [0.3, 0.4) is 0 Å². The van der Waals surface area contributed by atoms with Crippen molar-refractivity contribution in [2.45, 2.75) is 39.7 Å². The molecule has 0 aliphatic rings. The summed E-state index contributed by atoms with van der Waals surface area (Å²) in [6, 6.07) is 8.04. The van der Waals surface area contributed by atoms with Crippen molar-refractivity contribution in [2.24, 2.45) is 0 Å². The Hall–Kier alpha value is -1.02. The van der Waals surface area contributed by atoms with Crippen LogP contribution in [0.15, 0.2) is 24.3 Å². The fourth-order valence-electron chi connectivity index (χ4n) is 2.24. The van der Waals surface area contributed by atoms with Crippen LogP contribution in [0, 0.1) is 0 Å². The minimum Gasteiger partial charge on any atom is -0.508 e. The van der Waals surface area contributed by atoms with Crippen molar-refractivity contribution in [1.82, 2.24) is 4.90 Å². The lowest BCUT2D eigenvalue weighted by molar-refractivity contribution is 0.203. The van der Waals surface area contributed by atoms with Gasteiger partial charge in [0.1, 0.15) is 5.75 Å². The van der Waals surface area contributed by atoms with Crippen LogP contribution in [-0.2, 0) is 0 Å². The van der Waals surface area contributed by atoms with Crippen LogP contribution in [0.5, 0.6) is 5.75 Å². The van der Waals surface area contributed by atoms with Crippen molar-refractivity contribution in [1.29, 1.82) is 0 Å². The minimum absolute atomic E-state index is 0.348. The van der Waals surface area contributed by atoms with Gasteiger partial charge in [0.05, 0.1) is 0 Å². The van der Waals surface area contributed by atoms with E-state index in [0.717, 1.165) is 31.5 Å². The van der Waals surface area contributed by atoms with E-state index in [1.165, 1.54) is 0 Å². The summed E-state index contributed by atoms with van der Waals surface area (Å²) < 4.78 is 0. The number of rotatable bonds is 6. The van der Waals surface area contributed by atoms with Crippen LogP contribution >= 0.6 is 0 Å². The number of phenols is 1. The SMILES string of the molecule is CCCC(c1ccccc1O)N(CC)CC. The third kappa shape index (κ3) is 2.99. The fraction of sp³-hybridized carbons (Fsp3) is 0.571. The summed E-state index contributed by atoms with van der Waals surface area (Å²) >= 11 is 0. The highest BCUT2D eigenvalue weighted by Crippen LogP contribution is 2.31. The highest BCUT2D eigenvalue weighted by molar-refractivity contribution is 5.34. The molecule has 2 nitrogen and oxygen atoms in total. The average Bonchev–Trinajstić information content (AvgIpc) is 2.30. The molecule has 1 rings (SSSR count). The van der Waals surface area contributed by atoms with Gasteiger partial charge in [0.25, 0.3) is 0 Å². The van der Waals surface area contributed by atoms with E-state index in [9.17, 15) is 5.11 Å². The molecule has 1 aromatic rings. The zero-order valence-electron chi connectivity index (χ0n) is 10.6. The summed E-state index contributed by atoms with van der Waals surface area (Å²) in [5, 5.41) is 9.92. The summed E-state index contributed by atoms with van der Waals surface area (Å²) in [5.41, 5.74) is 1.06. The lowest BCUT2D eigenvalue weighted by Crippen LogP contribution is -2.28. The maximum Gasteiger partial charge on any atom is 0.120 e. The van der Waals surface area contributed by atoms with Gasteiger partial charge in [-0.05, 0) is 25.6 Å². The fourth-order valence-corrected chi connectivity index (χ4v) is 2.24. The predicted molar refractivity (Wildman–Crippen MR) is 68.7 cm³/mol. The quantitative estimate of drug-likeness (QED) is 0.793. The maximum atomic E-state index is 9.92. The molecule has 16 heavy (non-hydrogen) atoms. The Morgan fingerprint density at radius 2 is 1.75 bits per heavy atom. The highest BCUT2D eigenvalue weighted by atomic mass is 16.3. The summed E-state index contributed by atoms with van der Waals surface area (Å²) in [6.45, 7) is 8.58. The Morgan fingerprint density at radius 1 is 1.12 bits per heavy atom. The standard InChI is InChI=1S/C14H23NO/c1-4-9-13(15(5-2)6-3)12-10-7-8-11-14(12)16/h7-8,10-11,13,16H,4-6,9H2,1-3H3. The van der Waals surface area contributed by atoms with Gasteiger partial charge >= 0.3 is 0 Å². The molecule has 0 heterocycles. The van der Waals surface area contributed by atoms with Crippen LogP contribution in [-0.4, -0.2) is 23.1 Å². The van der Waals surface area contributed by atoms with Gasteiger partial charge in [0.2, 0.25) is 0 Å². The molecule has 1 unspecified atom stereocenters. The molecule has 1 N–H and O–H groups in total. The number of aromatic hydroxyl groups is 1. The van der Waals surface area contributed by atoms with Crippen molar-refractivity contribution >= 4 is 0 Å². The Labute approximate surface area is 98.9 Å². The van der Waals surface area contributed by atoms with E-state index in [0.29, 0.717) is 11.8 Å². The molecule has 0 saturated heterocycles. The van der Waals surface area contributed by atoms with Crippen LogP contribution < -0.4 is 0 Å². The van der Waals surface area contributed by atoms with E-state index in [2.05, 4.69) is 25.7 Å². The first kappa shape index (κ1) is 13.0.